The standard InChI is InChI=1S/C19H21ClFN3O/c1-14-12-15(20)6-7-17(14)22-19(25)13-23-8-10-24(11-9-23)18-5-3-2-4-16(18)21/h2-7,12H,8-11,13H2,1H3,(H,22,25). The van der Waals surface area contributed by atoms with Crippen LogP contribution in [-0.2, 0) is 4.79 Å². The number of carbonyl (C=O) groups excluding carboxylic acids is 1. The molecule has 2 aromatic rings. The highest BCUT2D eigenvalue weighted by Crippen LogP contribution is 2.21. The molecule has 0 bridgehead atoms. The van der Waals surface area contributed by atoms with Gasteiger partial charge in [-0.2, -0.15) is 0 Å². The Balaban J connectivity index is 1.52. The summed E-state index contributed by atoms with van der Waals surface area (Å²) in [6, 6.07) is 12.2. The molecule has 2 aromatic carbocycles. The molecule has 0 radical (unpaired) electrons. The summed E-state index contributed by atoms with van der Waals surface area (Å²) in [7, 11) is 0. The summed E-state index contributed by atoms with van der Waals surface area (Å²) in [5.41, 5.74) is 2.34. The van der Waals surface area contributed by atoms with E-state index in [2.05, 4.69) is 10.2 Å². The maximum Gasteiger partial charge on any atom is 0.238 e. The largest absolute Gasteiger partial charge is 0.367 e. The molecule has 1 amide bonds. The number of carbonyl (C=O) groups is 1. The van der Waals surface area contributed by atoms with Crippen LogP contribution in [0.25, 0.3) is 0 Å². The molecule has 0 atom stereocenters. The predicted octanol–water partition coefficient (Wildman–Crippen LogP) is 3.55. The van der Waals surface area contributed by atoms with Crippen LogP contribution in [-0.4, -0.2) is 43.5 Å². The van der Waals surface area contributed by atoms with Crippen LogP contribution < -0.4 is 10.2 Å². The molecule has 1 N–H and O–H groups in total. The van der Waals surface area contributed by atoms with Crippen molar-refractivity contribution in [1.29, 1.82) is 0 Å². The number of benzene rings is 2. The van der Waals surface area contributed by atoms with E-state index in [-0.39, 0.29) is 11.7 Å². The number of nitrogens with zero attached hydrogens (tertiary/aromatic N) is 2. The molecule has 0 aliphatic carbocycles. The fourth-order valence-corrected chi connectivity index (χ4v) is 3.24. The van der Waals surface area contributed by atoms with Gasteiger partial charge < -0.3 is 10.2 Å². The van der Waals surface area contributed by atoms with Gasteiger partial charge in [-0.05, 0) is 42.8 Å². The number of hydrogen-bond donors (Lipinski definition) is 1. The summed E-state index contributed by atoms with van der Waals surface area (Å²) < 4.78 is 13.9. The number of hydrogen-bond acceptors (Lipinski definition) is 3. The van der Waals surface area contributed by atoms with E-state index in [1.165, 1.54) is 6.07 Å². The molecular formula is C19H21ClFN3O. The first-order chi connectivity index (χ1) is 12.0. The zero-order valence-electron chi connectivity index (χ0n) is 14.1. The smallest absolute Gasteiger partial charge is 0.238 e. The first kappa shape index (κ1) is 17.7. The summed E-state index contributed by atoms with van der Waals surface area (Å²) in [5, 5.41) is 3.58. The number of rotatable bonds is 4. The molecule has 25 heavy (non-hydrogen) atoms. The lowest BCUT2D eigenvalue weighted by Crippen LogP contribution is -2.48. The molecule has 0 unspecified atom stereocenters. The third-order valence-corrected chi connectivity index (χ3v) is 4.63. The van der Waals surface area contributed by atoms with Crippen molar-refractivity contribution in [3.8, 4) is 0 Å². The molecule has 1 heterocycles. The summed E-state index contributed by atoms with van der Waals surface area (Å²) in [6.07, 6.45) is 0. The Morgan fingerprint density at radius 2 is 1.88 bits per heavy atom. The number of nitrogens with one attached hydrogen (secondary N) is 1. The highest BCUT2D eigenvalue weighted by atomic mass is 35.5. The molecule has 1 aliphatic heterocycles. The minimum atomic E-state index is -0.202. The summed E-state index contributed by atoms with van der Waals surface area (Å²) >= 11 is 5.93. The van der Waals surface area contributed by atoms with E-state index in [9.17, 15) is 9.18 Å². The Kier molecular flexibility index (Phi) is 5.56. The minimum Gasteiger partial charge on any atom is -0.367 e. The van der Waals surface area contributed by atoms with Crippen molar-refractivity contribution in [2.45, 2.75) is 6.92 Å². The SMILES string of the molecule is Cc1cc(Cl)ccc1NC(=O)CN1CCN(c2ccccc2F)CC1. The van der Waals surface area contributed by atoms with Crippen LogP contribution in [0, 0.1) is 12.7 Å². The monoisotopic (exact) mass is 361 g/mol. The first-order valence-corrected chi connectivity index (χ1v) is 8.68. The van der Waals surface area contributed by atoms with E-state index in [4.69, 9.17) is 11.6 Å². The molecule has 132 valence electrons. The quantitative estimate of drug-likeness (QED) is 0.904. The maximum absolute atomic E-state index is 13.9. The van der Waals surface area contributed by atoms with E-state index in [1.807, 2.05) is 30.0 Å². The van der Waals surface area contributed by atoms with Gasteiger partial charge in [0.1, 0.15) is 5.82 Å². The van der Waals surface area contributed by atoms with Gasteiger partial charge in [-0.15, -0.1) is 0 Å². The van der Waals surface area contributed by atoms with Crippen molar-refractivity contribution in [2.75, 3.05) is 42.9 Å². The lowest BCUT2D eigenvalue weighted by atomic mass is 10.2. The van der Waals surface area contributed by atoms with E-state index < -0.39 is 0 Å². The van der Waals surface area contributed by atoms with Crippen LogP contribution in [0.3, 0.4) is 0 Å². The first-order valence-electron chi connectivity index (χ1n) is 8.31. The van der Waals surface area contributed by atoms with E-state index >= 15 is 0 Å². The van der Waals surface area contributed by atoms with Crippen LogP contribution in [0.1, 0.15) is 5.56 Å². The second kappa shape index (κ2) is 7.85. The van der Waals surface area contributed by atoms with Crippen LogP contribution in [0.15, 0.2) is 42.5 Å². The number of anilines is 2. The zero-order valence-corrected chi connectivity index (χ0v) is 14.9. The van der Waals surface area contributed by atoms with Crippen molar-refractivity contribution in [3.63, 3.8) is 0 Å². The average molecular weight is 362 g/mol. The van der Waals surface area contributed by atoms with Crippen LogP contribution in [0.2, 0.25) is 5.02 Å². The van der Waals surface area contributed by atoms with Crippen molar-refractivity contribution in [2.24, 2.45) is 0 Å². The van der Waals surface area contributed by atoms with Gasteiger partial charge in [-0.3, -0.25) is 9.69 Å². The third kappa shape index (κ3) is 4.50. The Morgan fingerprint density at radius 3 is 2.56 bits per heavy atom. The van der Waals surface area contributed by atoms with Gasteiger partial charge >= 0.3 is 0 Å². The molecule has 4 nitrogen and oxygen atoms in total. The zero-order chi connectivity index (χ0) is 17.8. The van der Waals surface area contributed by atoms with E-state index in [1.54, 1.807) is 18.2 Å². The lowest BCUT2D eigenvalue weighted by molar-refractivity contribution is -0.117. The Labute approximate surface area is 152 Å². The lowest BCUT2D eigenvalue weighted by Gasteiger charge is -2.35. The van der Waals surface area contributed by atoms with Gasteiger partial charge in [0.25, 0.3) is 0 Å². The fraction of sp³-hybridized carbons (Fsp3) is 0.316. The minimum absolute atomic E-state index is 0.0511. The highest BCUT2D eigenvalue weighted by molar-refractivity contribution is 6.30. The van der Waals surface area contributed by atoms with Crippen molar-refractivity contribution in [3.05, 3.63) is 58.9 Å². The van der Waals surface area contributed by atoms with Gasteiger partial charge in [-0.1, -0.05) is 23.7 Å². The summed E-state index contributed by atoms with van der Waals surface area (Å²) in [5.74, 6) is -0.253. The Bertz CT molecular complexity index is 760. The second-order valence-corrected chi connectivity index (χ2v) is 6.66. The number of halogens is 2. The number of para-hydroxylation sites is 1. The molecule has 0 saturated carbocycles. The third-order valence-electron chi connectivity index (χ3n) is 4.40. The number of aryl methyl sites for hydroxylation is 1. The summed E-state index contributed by atoms with van der Waals surface area (Å²) in [4.78, 5) is 16.4. The molecular weight excluding hydrogens is 341 g/mol. The normalized spacial score (nSPS) is 15.2. The van der Waals surface area contributed by atoms with Gasteiger partial charge in [0.2, 0.25) is 5.91 Å². The molecule has 6 heteroatoms. The molecule has 0 aromatic heterocycles. The molecule has 1 aliphatic rings. The molecule has 1 saturated heterocycles. The van der Waals surface area contributed by atoms with Crippen molar-refractivity contribution in [1.82, 2.24) is 4.90 Å². The summed E-state index contributed by atoms with van der Waals surface area (Å²) in [6.45, 7) is 5.09. The topological polar surface area (TPSA) is 35.6 Å². The molecule has 3 rings (SSSR count). The number of amides is 1. The highest BCUT2D eigenvalue weighted by Gasteiger charge is 2.21. The number of piperazine rings is 1. The van der Waals surface area contributed by atoms with Crippen LogP contribution in [0.5, 0.6) is 0 Å². The van der Waals surface area contributed by atoms with Gasteiger partial charge in [-0.25, -0.2) is 4.39 Å². The fourth-order valence-electron chi connectivity index (χ4n) is 3.02. The second-order valence-electron chi connectivity index (χ2n) is 6.22. The van der Waals surface area contributed by atoms with Gasteiger partial charge in [0, 0.05) is 36.9 Å². The van der Waals surface area contributed by atoms with E-state index in [0.29, 0.717) is 30.3 Å². The van der Waals surface area contributed by atoms with E-state index in [0.717, 1.165) is 24.3 Å². The maximum atomic E-state index is 13.9. The van der Waals surface area contributed by atoms with Crippen molar-refractivity contribution >= 4 is 28.9 Å². The Morgan fingerprint density at radius 1 is 1.16 bits per heavy atom. The van der Waals surface area contributed by atoms with Crippen molar-refractivity contribution < 1.29 is 9.18 Å². The van der Waals surface area contributed by atoms with Gasteiger partial charge in [0.15, 0.2) is 0 Å². The Hall–Kier alpha value is -2.11. The average Bonchev–Trinajstić information content (AvgIpc) is 2.59. The predicted molar refractivity (Wildman–Crippen MR) is 99.9 cm³/mol. The molecule has 1 fully saturated rings. The van der Waals surface area contributed by atoms with Gasteiger partial charge in [0.05, 0.1) is 12.2 Å². The van der Waals surface area contributed by atoms with Crippen LogP contribution in [0.4, 0.5) is 15.8 Å². The molecule has 0 spiro atoms. The van der Waals surface area contributed by atoms with Crippen LogP contribution >= 0.6 is 11.6 Å².